The molecule has 0 radical (unpaired) electrons. The van der Waals surface area contributed by atoms with Crippen molar-refractivity contribution >= 4 is 17.0 Å². The molecule has 5 heterocycles. The van der Waals surface area contributed by atoms with Crippen LogP contribution in [0, 0.1) is 5.82 Å². The van der Waals surface area contributed by atoms with Gasteiger partial charge in [0, 0.05) is 42.2 Å². The van der Waals surface area contributed by atoms with Gasteiger partial charge in [0.1, 0.15) is 23.9 Å². The second-order valence-electron chi connectivity index (χ2n) is 11.0. The normalized spacial score (nSPS) is 17.0. The quantitative estimate of drug-likeness (QED) is 0.315. The third kappa shape index (κ3) is 5.23. The number of nitrogens with one attached hydrogen (secondary N) is 2. The Morgan fingerprint density at radius 2 is 1.83 bits per heavy atom. The fraction of sp³-hybridized carbons (Fsp3) is 0.273. The standard InChI is InChI=1S/C33H32FN7/c1-21-8-9-26(23-6-5-7-25(34)16-23)30-29(14-21)39-33(40-30)32-31-28(36-20-37-32)11-10-27(38-31)24-15-22(17-35-18-24)19-41-12-3-2-4-13-41/h5-11,15-18,36H,2-4,12-14,19-20H2,1H3,(H,39,40). The van der Waals surface area contributed by atoms with Gasteiger partial charge in [-0.05, 0) is 74.3 Å². The van der Waals surface area contributed by atoms with Gasteiger partial charge in [0.05, 0.1) is 17.1 Å². The van der Waals surface area contributed by atoms with E-state index in [1.807, 2.05) is 30.6 Å². The minimum atomic E-state index is -0.270. The number of aromatic amines is 1. The molecule has 1 fully saturated rings. The summed E-state index contributed by atoms with van der Waals surface area (Å²) in [4.78, 5) is 25.5. The number of likely N-dealkylation sites (tertiary alicyclic amines) is 1. The summed E-state index contributed by atoms with van der Waals surface area (Å²) in [5.41, 5.74) is 10.1. The van der Waals surface area contributed by atoms with Crippen molar-refractivity contribution in [3.63, 3.8) is 0 Å². The third-order valence-electron chi connectivity index (χ3n) is 7.96. The van der Waals surface area contributed by atoms with Crippen LogP contribution in [0.2, 0.25) is 0 Å². The number of aliphatic imine (C=N–C) groups is 1. The second-order valence-corrected chi connectivity index (χ2v) is 11.0. The molecular weight excluding hydrogens is 513 g/mol. The summed E-state index contributed by atoms with van der Waals surface area (Å²) in [5.74, 6) is 0.393. The number of rotatable bonds is 5. The Morgan fingerprint density at radius 3 is 2.71 bits per heavy atom. The number of pyridine rings is 2. The Hall–Kier alpha value is -4.43. The molecule has 0 spiro atoms. The lowest BCUT2D eigenvalue weighted by Gasteiger charge is -2.26. The lowest BCUT2D eigenvalue weighted by atomic mass is 10.0. The Bertz CT molecular complexity index is 1710. The van der Waals surface area contributed by atoms with Gasteiger partial charge in [0.15, 0.2) is 5.82 Å². The van der Waals surface area contributed by atoms with E-state index in [0.29, 0.717) is 18.2 Å². The second kappa shape index (κ2) is 10.9. The number of aromatic nitrogens is 4. The zero-order valence-electron chi connectivity index (χ0n) is 23.1. The lowest BCUT2D eigenvalue weighted by Crippen LogP contribution is -2.29. The van der Waals surface area contributed by atoms with Gasteiger partial charge in [0.25, 0.3) is 0 Å². The summed E-state index contributed by atoms with van der Waals surface area (Å²) in [7, 11) is 0. The van der Waals surface area contributed by atoms with Crippen LogP contribution in [0.3, 0.4) is 0 Å². The summed E-state index contributed by atoms with van der Waals surface area (Å²) in [5, 5.41) is 3.35. The molecule has 0 unspecified atom stereocenters. The summed E-state index contributed by atoms with van der Waals surface area (Å²) >= 11 is 0. The molecule has 7 nitrogen and oxygen atoms in total. The third-order valence-corrected chi connectivity index (χ3v) is 7.96. The number of allylic oxidation sites excluding steroid dienone is 3. The highest BCUT2D eigenvalue weighted by Crippen LogP contribution is 2.32. The van der Waals surface area contributed by atoms with Gasteiger partial charge in [-0.1, -0.05) is 36.3 Å². The Balaban J connectivity index is 1.23. The molecule has 1 saturated heterocycles. The molecule has 7 rings (SSSR count). The molecule has 8 heteroatoms. The van der Waals surface area contributed by atoms with E-state index < -0.39 is 0 Å². The van der Waals surface area contributed by atoms with Crippen molar-refractivity contribution in [3.05, 3.63) is 112 Å². The van der Waals surface area contributed by atoms with Gasteiger partial charge in [-0.2, -0.15) is 0 Å². The maximum atomic E-state index is 14.1. The lowest BCUT2D eigenvalue weighted by molar-refractivity contribution is 0.220. The Kier molecular flexibility index (Phi) is 6.76. The van der Waals surface area contributed by atoms with E-state index in [4.69, 9.17) is 15.0 Å². The number of anilines is 1. The van der Waals surface area contributed by atoms with Crippen LogP contribution >= 0.6 is 0 Å². The van der Waals surface area contributed by atoms with Crippen LogP contribution < -0.4 is 5.32 Å². The molecule has 41 heavy (non-hydrogen) atoms. The van der Waals surface area contributed by atoms with Crippen molar-refractivity contribution in [1.29, 1.82) is 0 Å². The van der Waals surface area contributed by atoms with Gasteiger partial charge in [-0.3, -0.25) is 14.9 Å². The van der Waals surface area contributed by atoms with Gasteiger partial charge in [0.2, 0.25) is 0 Å². The van der Waals surface area contributed by atoms with Crippen LogP contribution in [0.1, 0.15) is 60.2 Å². The maximum absolute atomic E-state index is 14.1. The van der Waals surface area contributed by atoms with E-state index in [9.17, 15) is 4.39 Å². The number of halogens is 1. The Labute approximate surface area is 239 Å². The number of fused-ring (bicyclic) bond motifs is 2. The highest BCUT2D eigenvalue weighted by atomic mass is 19.1. The number of nitrogens with zero attached hydrogens (tertiary/aromatic N) is 5. The van der Waals surface area contributed by atoms with E-state index >= 15 is 0 Å². The predicted octanol–water partition coefficient (Wildman–Crippen LogP) is 6.15. The van der Waals surface area contributed by atoms with E-state index in [1.54, 1.807) is 12.1 Å². The topological polar surface area (TPSA) is 82.1 Å². The zero-order valence-corrected chi connectivity index (χ0v) is 23.1. The largest absolute Gasteiger partial charge is 0.364 e. The molecule has 2 aliphatic heterocycles. The van der Waals surface area contributed by atoms with Crippen molar-refractivity contribution in [2.75, 3.05) is 25.1 Å². The molecular formula is C33H32FN7. The highest BCUT2D eigenvalue weighted by Gasteiger charge is 2.25. The summed E-state index contributed by atoms with van der Waals surface area (Å²) < 4.78 is 14.1. The van der Waals surface area contributed by atoms with Crippen molar-refractivity contribution in [1.82, 2.24) is 24.8 Å². The average Bonchev–Trinajstić information content (AvgIpc) is 3.33. The van der Waals surface area contributed by atoms with Crippen molar-refractivity contribution in [2.24, 2.45) is 4.99 Å². The molecule has 0 amide bonds. The van der Waals surface area contributed by atoms with Crippen molar-refractivity contribution in [3.8, 4) is 11.3 Å². The van der Waals surface area contributed by atoms with Gasteiger partial charge in [-0.25, -0.2) is 14.4 Å². The fourth-order valence-electron chi connectivity index (χ4n) is 5.90. The van der Waals surface area contributed by atoms with E-state index in [0.717, 1.165) is 71.2 Å². The molecule has 1 aromatic carbocycles. The molecule has 1 aliphatic carbocycles. The number of piperidine rings is 1. The number of imidazole rings is 1. The Morgan fingerprint density at radius 1 is 0.927 bits per heavy atom. The van der Waals surface area contributed by atoms with Gasteiger partial charge >= 0.3 is 0 Å². The van der Waals surface area contributed by atoms with Crippen LogP contribution in [-0.2, 0) is 13.0 Å². The monoisotopic (exact) mass is 545 g/mol. The molecule has 3 aliphatic rings. The SMILES string of the molecule is CC1=CC=C(c2cccc(F)c2)c2nc(C3=NCNc4ccc(-c5cncc(CN6CCCCC6)c5)nc43)[nH]c2C1. The molecule has 3 aromatic heterocycles. The minimum absolute atomic E-state index is 0.270. The molecule has 206 valence electrons. The number of hydrogen-bond acceptors (Lipinski definition) is 6. The minimum Gasteiger partial charge on any atom is -0.364 e. The van der Waals surface area contributed by atoms with E-state index in [-0.39, 0.29) is 5.82 Å². The summed E-state index contributed by atoms with van der Waals surface area (Å²) in [6.07, 6.45) is 12.5. The average molecular weight is 546 g/mol. The van der Waals surface area contributed by atoms with Crippen LogP contribution in [0.4, 0.5) is 10.1 Å². The van der Waals surface area contributed by atoms with Crippen molar-refractivity contribution in [2.45, 2.75) is 39.2 Å². The highest BCUT2D eigenvalue weighted by molar-refractivity contribution is 6.14. The predicted molar refractivity (Wildman–Crippen MR) is 160 cm³/mol. The summed E-state index contributed by atoms with van der Waals surface area (Å²) in [6, 6.07) is 13.0. The van der Waals surface area contributed by atoms with Gasteiger partial charge in [-0.15, -0.1) is 0 Å². The first-order chi connectivity index (χ1) is 20.1. The van der Waals surface area contributed by atoms with Crippen LogP contribution in [0.5, 0.6) is 0 Å². The van der Waals surface area contributed by atoms with Crippen LogP contribution in [0.15, 0.2) is 77.6 Å². The molecule has 0 atom stereocenters. The van der Waals surface area contributed by atoms with Gasteiger partial charge < -0.3 is 10.3 Å². The van der Waals surface area contributed by atoms with E-state index in [2.05, 4.69) is 45.3 Å². The number of H-pyrrole nitrogens is 1. The zero-order chi connectivity index (χ0) is 27.8. The fourth-order valence-corrected chi connectivity index (χ4v) is 5.90. The molecule has 0 bridgehead atoms. The first-order valence-electron chi connectivity index (χ1n) is 14.3. The van der Waals surface area contributed by atoms with Crippen LogP contribution in [-0.4, -0.2) is 50.3 Å². The summed E-state index contributed by atoms with van der Waals surface area (Å²) in [6.45, 7) is 5.73. The first-order valence-corrected chi connectivity index (χ1v) is 14.3. The maximum Gasteiger partial charge on any atom is 0.158 e. The number of hydrogen-bond donors (Lipinski definition) is 2. The molecule has 4 aromatic rings. The van der Waals surface area contributed by atoms with Crippen molar-refractivity contribution < 1.29 is 4.39 Å². The van der Waals surface area contributed by atoms with Crippen LogP contribution in [0.25, 0.3) is 16.8 Å². The number of benzene rings is 1. The molecule has 0 saturated carbocycles. The van der Waals surface area contributed by atoms with E-state index in [1.165, 1.54) is 36.5 Å². The first kappa shape index (κ1) is 25.5. The molecule has 2 N–H and O–H groups in total. The smallest absolute Gasteiger partial charge is 0.158 e.